The number of rotatable bonds is 5. The lowest BCUT2D eigenvalue weighted by Crippen LogP contribution is -2.47. The highest BCUT2D eigenvalue weighted by Gasteiger charge is 2.41. The smallest absolute Gasteiger partial charge is 0.127 e. The van der Waals surface area contributed by atoms with Crippen LogP contribution < -0.4 is 5.32 Å². The zero-order valence-corrected chi connectivity index (χ0v) is 9.93. The molecule has 4 heteroatoms. The third-order valence-corrected chi connectivity index (χ3v) is 3.34. The van der Waals surface area contributed by atoms with Crippen LogP contribution in [0.25, 0.3) is 0 Å². The average molecular weight is 241 g/mol. The number of benzene rings is 1. The number of nitrogens with one attached hydrogen (secondary N) is 1. The second kappa shape index (κ2) is 5.10. The maximum atomic E-state index is 13.8. The van der Waals surface area contributed by atoms with Gasteiger partial charge in [0.2, 0.25) is 0 Å². The van der Waals surface area contributed by atoms with Gasteiger partial charge in [0.25, 0.3) is 0 Å². The molecule has 0 aromatic heterocycles. The van der Waals surface area contributed by atoms with Crippen molar-refractivity contribution < 1.29 is 13.5 Å². The molecular formula is C13H17F2NO. The summed E-state index contributed by atoms with van der Waals surface area (Å²) in [6.07, 6.45) is 1.74. The van der Waals surface area contributed by atoms with E-state index in [1.165, 1.54) is 12.1 Å². The van der Waals surface area contributed by atoms with Gasteiger partial charge in [0, 0.05) is 11.0 Å². The quantitative estimate of drug-likeness (QED) is 0.798. The van der Waals surface area contributed by atoms with Gasteiger partial charge in [-0.05, 0) is 44.6 Å². The van der Waals surface area contributed by atoms with Gasteiger partial charge in [-0.3, -0.25) is 0 Å². The second-order valence-electron chi connectivity index (χ2n) is 4.60. The summed E-state index contributed by atoms with van der Waals surface area (Å²) in [5, 5.41) is 3.06. The summed E-state index contributed by atoms with van der Waals surface area (Å²) in [6, 6.07) is 3.65. The van der Waals surface area contributed by atoms with Crippen molar-refractivity contribution in [3.8, 4) is 0 Å². The van der Waals surface area contributed by atoms with Gasteiger partial charge >= 0.3 is 0 Å². The van der Waals surface area contributed by atoms with Crippen LogP contribution in [-0.4, -0.2) is 26.8 Å². The molecule has 2 rings (SSSR count). The molecule has 1 fully saturated rings. The summed E-state index contributed by atoms with van der Waals surface area (Å²) >= 11 is 0. The fourth-order valence-corrected chi connectivity index (χ4v) is 2.29. The lowest BCUT2D eigenvalue weighted by molar-refractivity contribution is -0.0667. The first kappa shape index (κ1) is 12.5. The van der Waals surface area contributed by atoms with E-state index in [1.54, 1.807) is 0 Å². The predicted octanol–water partition coefficient (Wildman–Crippen LogP) is 2.23. The summed E-state index contributed by atoms with van der Waals surface area (Å²) in [5.41, 5.74) is 0.128. The van der Waals surface area contributed by atoms with Crippen LogP contribution in [0, 0.1) is 11.6 Å². The van der Waals surface area contributed by atoms with Crippen LogP contribution >= 0.6 is 0 Å². The Labute approximate surface area is 100.0 Å². The lowest BCUT2D eigenvalue weighted by atomic mass is 9.74. The minimum atomic E-state index is -0.388. The first-order valence-electron chi connectivity index (χ1n) is 5.86. The number of hydrogen-bond donors (Lipinski definition) is 1. The van der Waals surface area contributed by atoms with Crippen LogP contribution in [0.2, 0.25) is 0 Å². The largest absolute Gasteiger partial charge is 0.379 e. The Hall–Kier alpha value is -1.00. The van der Waals surface area contributed by atoms with Gasteiger partial charge < -0.3 is 10.1 Å². The maximum absolute atomic E-state index is 13.8. The van der Waals surface area contributed by atoms with Crippen LogP contribution in [-0.2, 0) is 10.2 Å². The predicted molar refractivity (Wildman–Crippen MR) is 62.0 cm³/mol. The Morgan fingerprint density at radius 2 is 2.12 bits per heavy atom. The van der Waals surface area contributed by atoms with Crippen molar-refractivity contribution in [3.63, 3.8) is 0 Å². The zero-order chi connectivity index (χ0) is 12.3. The molecule has 0 saturated carbocycles. The molecule has 1 saturated heterocycles. The third kappa shape index (κ3) is 2.48. The van der Waals surface area contributed by atoms with E-state index in [0.29, 0.717) is 18.8 Å². The molecule has 0 aliphatic carbocycles. The molecule has 0 atom stereocenters. The molecule has 0 bridgehead atoms. The van der Waals surface area contributed by atoms with Gasteiger partial charge in [0.15, 0.2) is 0 Å². The first-order valence-corrected chi connectivity index (χ1v) is 5.86. The fraction of sp³-hybridized carbons (Fsp3) is 0.538. The van der Waals surface area contributed by atoms with Crippen molar-refractivity contribution >= 4 is 0 Å². The lowest BCUT2D eigenvalue weighted by Gasteiger charge is -2.42. The minimum absolute atomic E-state index is 0.330. The van der Waals surface area contributed by atoms with Crippen molar-refractivity contribution in [3.05, 3.63) is 35.4 Å². The van der Waals surface area contributed by atoms with E-state index in [1.807, 2.05) is 7.05 Å². The van der Waals surface area contributed by atoms with Crippen LogP contribution in [0.3, 0.4) is 0 Å². The van der Waals surface area contributed by atoms with Gasteiger partial charge in [-0.2, -0.15) is 0 Å². The van der Waals surface area contributed by atoms with E-state index in [9.17, 15) is 8.78 Å². The van der Waals surface area contributed by atoms with Crippen molar-refractivity contribution in [2.24, 2.45) is 0 Å². The molecule has 1 N–H and O–H groups in total. The molecule has 0 amide bonds. The third-order valence-electron chi connectivity index (χ3n) is 3.34. The number of ether oxygens (including phenoxy) is 1. The molecular weight excluding hydrogens is 224 g/mol. The number of halogens is 2. The molecule has 1 aromatic rings. The Kier molecular flexibility index (Phi) is 3.74. The van der Waals surface area contributed by atoms with Gasteiger partial charge in [0.05, 0.1) is 13.2 Å². The highest BCUT2D eigenvalue weighted by Crippen LogP contribution is 2.38. The number of hydrogen-bond acceptors (Lipinski definition) is 2. The van der Waals surface area contributed by atoms with Crippen LogP contribution in [0.4, 0.5) is 8.78 Å². The monoisotopic (exact) mass is 241 g/mol. The van der Waals surface area contributed by atoms with Gasteiger partial charge in [0.1, 0.15) is 11.6 Å². The molecule has 1 aromatic carbocycles. The highest BCUT2D eigenvalue weighted by atomic mass is 19.1. The molecule has 0 spiro atoms. The Morgan fingerprint density at radius 1 is 1.35 bits per heavy atom. The van der Waals surface area contributed by atoms with Crippen molar-refractivity contribution in [1.82, 2.24) is 5.32 Å². The zero-order valence-electron chi connectivity index (χ0n) is 9.93. The van der Waals surface area contributed by atoms with E-state index >= 15 is 0 Å². The van der Waals surface area contributed by atoms with Crippen LogP contribution in [0.15, 0.2) is 18.2 Å². The van der Waals surface area contributed by atoms with E-state index < -0.39 is 0 Å². The maximum Gasteiger partial charge on any atom is 0.127 e. The SMILES string of the molecule is CNCCCC1(c2cc(F)ccc2F)COC1. The fourth-order valence-electron chi connectivity index (χ4n) is 2.29. The van der Waals surface area contributed by atoms with E-state index in [4.69, 9.17) is 4.74 Å². The summed E-state index contributed by atoms with van der Waals surface area (Å²) < 4.78 is 32.2. The molecule has 0 radical (unpaired) electrons. The summed E-state index contributed by atoms with van der Waals surface area (Å²) in [5.74, 6) is -0.722. The summed E-state index contributed by atoms with van der Waals surface area (Å²) in [4.78, 5) is 0. The minimum Gasteiger partial charge on any atom is -0.379 e. The molecule has 1 heterocycles. The van der Waals surface area contributed by atoms with Crippen molar-refractivity contribution in [2.75, 3.05) is 26.8 Å². The second-order valence-corrected chi connectivity index (χ2v) is 4.60. The molecule has 94 valence electrons. The van der Waals surface area contributed by atoms with Crippen molar-refractivity contribution in [2.45, 2.75) is 18.3 Å². The average Bonchev–Trinajstić information content (AvgIpc) is 2.26. The molecule has 0 unspecified atom stereocenters. The van der Waals surface area contributed by atoms with Gasteiger partial charge in [-0.1, -0.05) is 0 Å². The van der Waals surface area contributed by atoms with E-state index in [2.05, 4.69) is 5.32 Å². The first-order chi connectivity index (χ1) is 8.18. The molecule has 2 nitrogen and oxygen atoms in total. The Morgan fingerprint density at radius 3 is 2.71 bits per heavy atom. The standard InChI is InChI=1S/C13H17F2NO/c1-16-6-2-5-13(8-17-9-13)11-7-10(14)3-4-12(11)15/h3-4,7,16H,2,5-6,8-9H2,1H3. The topological polar surface area (TPSA) is 21.3 Å². The molecule has 17 heavy (non-hydrogen) atoms. The van der Waals surface area contributed by atoms with E-state index in [0.717, 1.165) is 25.5 Å². The van der Waals surface area contributed by atoms with Crippen molar-refractivity contribution in [1.29, 1.82) is 0 Å². The summed E-state index contributed by atoms with van der Waals surface area (Å²) in [7, 11) is 1.88. The Bertz CT molecular complexity index is 391. The Balaban J connectivity index is 2.18. The van der Waals surface area contributed by atoms with Crippen LogP contribution in [0.1, 0.15) is 18.4 Å². The highest BCUT2D eigenvalue weighted by molar-refractivity contribution is 5.30. The van der Waals surface area contributed by atoms with Gasteiger partial charge in [-0.15, -0.1) is 0 Å². The van der Waals surface area contributed by atoms with E-state index in [-0.39, 0.29) is 17.0 Å². The summed E-state index contributed by atoms with van der Waals surface area (Å²) in [6.45, 7) is 1.84. The molecule has 1 aliphatic heterocycles. The normalized spacial score (nSPS) is 17.8. The van der Waals surface area contributed by atoms with Gasteiger partial charge in [-0.25, -0.2) is 8.78 Å². The molecule has 1 aliphatic rings. The van der Waals surface area contributed by atoms with Crippen LogP contribution in [0.5, 0.6) is 0 Å².